The molecule has 2 heterocycles. The minimum absolute atomic E-state index is 0. The molecule has 0 saturated carbocycles. The van der Waals surface area contributed by atoms with Crippen LogP contribution in [-0.4, -0.2) is 50.6 Å². The van der Waals surface area contributed by atoms with E-state index in [1.165, 1.54) is 5.00 Å². The first kappa shape index (κ1) is 23.0. The molecule has 148 valence electrons. The van der Waals surface area contributed by atoms with E-state index in [-0.39, 0.29) is 35.8 Å². The quantitative estimate of drug-likeness (QED) is 0.237. The number of amides is 1. The average Bonchev–Trinajstić information content (AvgIpc) is 3.13. The van der Waals surface area contributed by atoms with Crippen molar-refractivity contribution in [3.8, 4) is 0 Å². The van der Waals surface area contributed by atoms with E-state index in [9.17, 15) is 4.79 Å². The van der Waals surface area contributed by atoms with Gasteiger partial charge in [-0.3, -0.25) is 9.79 Å². The van der Waals surface area contributed by atoms with Crippen molar-refractivity contribution < 1.29 is 4.79 Å². The number of hydrogen-bond donors (Lipinski definition) is 3. The molecule has 0 atom stereocenters. The van der Waals surface area contributed by atoms with Crippen molar-refractivity contribution in [2.24, 2.45) is 10.9 Å². The summed E-state index contributed by atoms with van der Waals surface area (Å²) in [5.41, 5.74) is 0. The van der Waals surface area contributed by atoms with Crippen LogP contribution in [0.4, 0.5) is 5.00 Å². The lowest BCUT2D eigenvalue weighted by Crippen LogP contribution is -2.48. The Hall–Kier alpha value is -1.03. The highest BCUT2D eigenvalue weighted by Gasteiger charge is 2.20. The van der Waals surface area contributed by atoms with Crippen LogP contribution in [0.2, 0.25) is 0 Å². The Kier molecular flexibility index (Phi) is 11.0. The van der Waals surface area contributed by atoms with Gasteiger partial charge in [-0.25, -0.2) is 0 Å². The van der Waals surface area contributed by atoms with Gasteiger partial charge >= 0.3 is 0 Å². The Balaban J connectivity index is 0.00000338. The number of rotatable bonds is 7. The molecular weight excluding hydrogens is 461 g/mol. The number of thiophene rings is 1. The number of carbonyl (C=O) groups is 1. The van der Waals surface area contributed by atoms with Crippen LogP contribution in [0.25, 0.3) is 0 Å². The maximum Gasteiger partial charge on any atom is 0.222 e. The Morgan fingerprint density at radius 2 is 2.08 bits per heavy atom. The molecule has 0 aromatic carbocycles. The van der Waals surface area contributed by atoms with Gasteiger partial charge in [0.05, 0.1) is 11.5 Å². The second kappa shape index (κ2) is 12.4. The van der Waals surface area contributed by atoms with Crippen molar-refractivity contribution >= 4 is 52.2 Å². The fourth-order valence-corrected chi connectivity index (χ4v) is 3.54. The monoisotopic (exact) mass is 493 g/mol. The van der Waals surface area contributed by atoms with Crippen LogP contribution in [-0.2, 0) is 4.79 Å². The maximum absolute atomic E-state index is 11.6. The Labute approximate surface area is 178 Å². The third-order valence-corrected chi connectivity index (χ3v) is 5.13. The van der Waals surface area contributed by atoms with Gasteiger partial charge in [-0.15, -0.1) is 35.3 Å². The van der Waals surface area contributed by atoms with E-state index in [1.807, 2.05) is 13.8 Å². The molecule has 26 heavy (non-hydrogen) atoms. The van der Waals surface area contributed by atoms with Crippen LogP contribution in [0.5, 0.6) is 0 Å². The number of anilines is 1. The number of guanidine groups is 1. The molecule has 1 aromatic heterocycles. The summed E-state index contributed by atoms with van der Waals surface area (Å²) in [6, 6.07) is 4.74. The zero-order chi connectivity index (χ0) is 18.1. The van der Waals surface area contributed by atoms with Crippen LogP contribution in [0, 0.1) is 5.92 Å². The molecule has 1 amide bonds. The predicted molar refractivity (Wildman–Crippen MR) is 122 cm³/mol. The molecule has 1 aliphatic rings. The summed E-state index contributed by atoms with van der Waals surface area (Å²) in [6.45, 7) is 9.99. The predicted octanol–water partition coefficient (Wildman–Crippen LogP) is 2.66. The summed E-state index contributed by atoms with van der Waals surface area (Å²) >= 11 is 1.81. The molecular formula is C18H32IN5OS. The number of carbonyl (C=O) groups excluding carboxylic acids is 1. The highest BCUT2D eigenvalue weighted by atomic mass is 127. The molecule has 2 rings (SSSR count). The Bertz CT molecular complexity index is 542. The summed E-state index contributed by atoms with van der Waals surface area (Å²) in [5.74, 6) is 0.939. The number of halogens is 1. The van der Waals surface area contributed by atoms with Crippen LogP contribution < -0.4 is 20.9 Å². The van der Waals surface area contributed by atoms with Gasteiger partial charge in [0, 0.05) is 38.1 Å². The smallest absolute Gasteiger partial charge is 0.222 e. The highest BCUT2D eigenvalue weighted by Crippen LogP contribution is 2.24. The fraction of sp³-hybridized carbons (Fsp3) is 0.667. The summed E-state index contributed by atoms with van der Waals surface area (Å²) in [4.78, 5) is 18.6. The van der Waals surface area contributed by atoms with Gasteiger partial charge in [-0.1, -0.05) is 13.8 Å². The SMILES string of the molecule is CCNC(=NCCNC(=O)C(C)C)NC1CCN(c2cccs2)CC1.I. The second-order valence-electron chi connectivity index (χ2n) is 6.56. The van der Waals surface area contributed by atoms with E-state index in [1.54, 1.807) is 11.3 Å². The molecule has 0 spiro atoms. The molecule has 0 bridgehead atoms. The molecule has 0 radical (unpaired) electrons. The number of hydrogen-bond acceptors (Lipinski definition) is 4. The molecule has 3 N–H and O–H groups in total. The Morgan fingerprint density at radius 1 is 1.35 bits per heavy atom. The largest absolute Gasteiger partial charge is 0.363 e. The average molecular weight is 493 g/mol. The van der Waals surface area contributed by atoms with Gasteiger partial charge in [0.2, 0.25) is 5.91 Å². The van der Waals surface area contributed by atoms with Gasteiger partial charge < -0.3 is 20.9 Å². The minimum Gasteiger partial charge on any atom is -0.363 e. The minimum atomic E-state index is 0. The first-order valence-corrected chi connectivity index (χ1v) is 10.1. The molecule has 0 aliphatic carbocycles. The van der Waals surface area contributed by atoms with Crippen molar-refractivity contribution in [2.75, 3.05) is 37.6 Å². The first-order chi connectivity index (χ1) is 12.1. The normalized spacial score (nSPS) is 15.5. The zero-order valence-electron chi connectivity index (χ0n) is 16.0. The highest BCUT2D eigenvalue weighted by molar-refractivity contribution is 14.0. The molecule has 6 nitrogen and oxygen atoms in total. The summed E-state index contributed by atoms with van der Waals surface area (Å²) in [7, 11) is 0. The fourth-order valence-electron chi connectivity index (χ4n) is 2.76. The molecule has 8 heteroatoms. The zero-order valence-corrected chi connectivity index (χ0v) is 19.1. The van der Waals surface area contributed by atoms with E-state index in [0.717, 1.165) is 38.4 Å². The number of piperidine rings is 1. The van der Waals surface area contributed by atoms with E-state index in [2.05, 4.69) is 50.3 Å². The van der Waals surface area contributed by atoms with Crippen LogP contribution >= 0.6 is 35.3 Å². The van der Waals surface area contributed by atoms with Crippen molar-refractivity contribution in [2.45, 2.75) is 39.7 Å². The third-order valence-electron chi connectivity index (χ3n) is 4.20. The number of aliphatic imine (C=N–C) groups is 1. The standard InChI is InChI=1S/C18H31N5OS.HI/c1-4-19-18(21-10-9-20-17(24)14(2)3)22-15-7-11-23(12-8-15)16-6-5-13-25-16;/h5-6,13-15H,4,7-12H2,1-3H3,(H,20,24)(H2,19,21,22);1H. The molecule has 1 fully saturated rings. The van der Waals surface area contributed by atoms with E-state index in [0.29, 0.717) is 19.1 Å². The van der Waals surface area contributed by atoms with Crippen LogP contribution in [0.15, 0.2) is 22.5 Å². The molecule has 1 saturated heterocycles. The van der Waals surface area contributed by atoms with Gasteiger partial charge in [0.1, 0.15) is 0 Å². The topological polar surface area (TPSA) is 68.8 Å². The first-order valence-electron chi connectivity index (χ1n) is 9.21. The van der Waals surface area contributed by atoms with E-state index < -0.39 is 0 Å². The van der Waals surface area contributed by atoms with Crippen LogP contribution in [0.1, 0.15) is 33.6 Å². The summed E-state index contributed by atoms with van der Waals surface area (Å²) in [6.07, 6.45) is 2.21. The van der Waals surface area contributed by atoms with Gasteiger partial charge in [-0.2, -0.15) is 0 Å². The summed E-state index contributed by atoms with van der Waals surface area (Å²) in [5, 5.41) is 13.2. The molecule has 1 aliphatic heterocycles. The van der Waals surface area contributed by atoms with E-state index >= 15 is 0 Å². The molecule has 0 unspecified atom stereocenters. The number of nitrogens with zero attached hydrogens (tertiary/aromatic N) is 2. The maximum atomic E-state index is 11.6. The number of nitrogens with one attached hydrogen (secondary N) is 3. The molecule has 1 aromatic rings. The van der Waals surface area contributed by atoms with Crippen molar-refractivity contribution in [1.82, 2.24) is 16.0 Å². The lowest BCUT2D eigenvalue weighted by atomic mass is 10.1. The van der Waals surface area contributed by atoms with Gasteiger partial charge in [-0.05, 0) is 37.3 Å². The second-order valence-corrected chi connectivity index (χ2v) is 7.49. The van der Waals surface area contributed by atoms with Crippen molar-refractivity contribution in [3.63, 3.8) is 0 Å². The van der Waals surface area contributed by atoms with Crippen LogP contribution in [0.3, 0.4) is 0 Å². The van der Waals surface area contributed by atoms with Gasteiger partial charge in [0.15, 0.2) is 5.96 Å². The lowest BCUT2D eigenvalue weighted by Gasteiger charge is -2.33. The van der Waals surface area contributed by atoms with Crippen molar-refractivity contribution in [3.05, 3.63) is 17.5 Å². The van der Waals surface area contributed by atoms with Gasteiger partial charge in [0.25, 0.3) is 0 Å². The Morgan fingerprint density at radius 3 is 2.65 bits per heavy atom. The lowest BCUT2D eigenvalue weighted by molar-refractivity contribution is -0.123. The summed E-state index contributed by atoms with van der Waals surface area (Å²) < 4.78 is 0. The third kappa shape index (κ3) is 7.69. The van der Waals surface area contributed by atoms with E-state index in [4.69, 9.17) is 0 Å². The van der Waals surface area contributed by atoms with Crippen molar-refractivity contribution in [1.29, 1.82) is 0 Å².